The molecule has 0 spiro atoms. The van der Waals surface area contributed by atoms with Gasteiger partial charge in [0.15, 0.2) is 0 Å². The van der Waals surface area contributed by atoms with Gasteiger partial charge < -0.3 is 10.0 Å². The molecule has 18 heavy (non-hydrogen) atoms. The van der Waals surface area contributed by atoms with Gasteiger partial charge in [0.2, 0.25) is 5.91 Å². The summed E-state index contributed by atoms with van der Waals surface area (Å²) in [7, 11) is 0. The van der Waals surface area contributed by atoms with Crippen LogP contribution in [0.3, 0.4) is 0 Å². The standard InChI is InChI=1S/C11H12N2O4S/c14-9-5-12(6-9)11(15)7-18-10-3-1-8(2-4-10)13(16)17/h1-4,9,14H,5-7H2. The van der Waals surface area contributed by atoms with E-state index in [1.165, 1.54) is 23.9 Å². The van der Waals surface area contributed by atoms with Gasteiger partial charge in [-0.15, -0.1) is 11.8 Å². The number of nitro groups is 1. The van der Waals surface area contributed by atoms with E-state index in [4.69, 9.17) is 5.11 Å². The number of nitro benzene ring substituents is 1. The molecule has 2 rings (SSSR count). The number of carbonyl (C=O) groups is 1. The highest BCUT2D eigenvalue weighted by molar-refractivity contribution is 8.00. The molecule has 96 valence electrons. The molecule has 1 N–H and O–H groups in total. The minimum Gasteiger partial charge on any atom is -0.389 e. The minimum atomic E-state index is -0.457. The van der Waals surface area contributed by atoms with Crippen LogP contribution in [0, 0.1) is 10.1 Å². The third-order valence-corrected chi connectivity index (χ3v) is 3.62. The number of benzene rings is 1. The topological polar surface area (TPSA) is 83.7 Å². The number of aliphatic hydroxyl groups excluding tert-OH is 1. The van der Waals surface area contributed by atoms with E-state index in [1.807, 2.05) is 0 Å². The van der Waals surface area contributed by atoms with Crippen molar-refractivity contribution in [2.24, 2.45) is 0 Å². The zero-order valence-electron chi connectivity index (χ0n) is 9.48. The van der Waals surface area contributed by atoms with Crippen LogP contribution in [0.2, 0.25) is 0 Å². The number of non-ortho nitro benzene ring substituents is 1. The van der Waals surface area contributed by atoms with E-state index in [1.54, 1.807) is 17.0 Å². The van der Waals surface area contributed by atoms with Crippen LogP contribution in [0.25, 0.3) is 0 Å². The molecule has 0 atom stereocenters. The monoisotopic (exact) mass is 268 g/mol. The predicted molar refractivity (Wildman–Crippen MR) is 66.4 cm³/mol. The first kappa shape index (κ1) is 12.8. The molecule has 0 aromatic heterocycles. The van der Waals surface area contributed by atoms with Gasteiger partial charge >= 0.3 is 0 Å². The van der Waals surface area contributed by atoms with Gasteiger partial charge in [-0.2, -0.15) is 0 Å². The Morgan fingerprint density at radius 2 is 2.06 bits per heavy atom. The Hall–Kier alpha value is -1.60. The van der Waals surface area contributed by atoms with Gasteiger partial charge in [0.05, 0.1) is 16.8 Å². The van der Waals surface area contributed by atoms with Gasteiger partial charge in [0.1, 0.15) is 0 Å². The quantitative estimate of drug-likeness (QED) is 0.498. The summed E-state index contributed by atoms with van der Waals surface area (Å²) in [4.78, 5) is 24.0. The molecule has 1 aromatic rings. The summed E-state index contributed by atoms with van der Waals surface area (Å²) in [5.41, 5.74) is 0.0385. The number of thioether (sulfide) groups is 1. The fraction of sp³-hybridized carbons (Fsp3) is 0.364. The first-order valence-electron chi connectivity index (χ1n) is 5.39. The SMILES string of the molecule is O=C(CSc1ccc([N+](=O)[O-])cc1)N1CC(O)C1. The molecule has 0 saturated carbocycles. The molecule has 0 aliphatic carbocycles. The van der Waals surface area contributed by atoms with Crippen LogP contribution in [0.15, 0.2) is 29.2 Å². The van der Waals surface area contributed by atoms with E-state index >= 15 is 0 Å². The Labute approximate surface area is 108 Å². The maximum Gasteiger partial charge on any atom is 0.269 e. The minimum absolute atomic E-state index is 0.0244. The number of amides is 1. The number of rotatable bonds is 4. The molecule has 0 unspecified atom stereocenters. The maximum absolute atomic E-state index is 11.6. The Morgan fingerprint density at radius 3 is 2.56 bits per heavy atom. The lowest BCUT2D eigenvalue weighted by molar-refractivity contribution is -0.384. The van der Waals surface area contributed by atoms with Gasteiger partial charge in [-0.25, -0.2) is 0 Å². The van der Waals surface area contributed by atoms with Crippen molar-refractivity contribution < 1.29 is 14.8 Å². The molecule has 6 nitrogen and oxygen atoms in total. The number of β-amino-alcohol motifs (C(OH)–C–C–N with tert-alkyl or cyclic N) is 1. The second-order valence-electron chi connectivity index (χ2n) is 3.99. The molecule has 1 saturated heterocycles. The van der Waals surface area contributed by atoms with Crippen LogP contribution in [-0.4, -0.2) is 45.8 Å². The lowest BCUT2D eigenvalue weighted by Gasteiger charge is -2.35. The lowest BCUT2D eigenvalue weighted by Crippen LogP contribution is -2.54. The molecule has 1 aromatic carbocycles. The zero-order valence-corrected chi connectivity index (χ0v) is 10.3. The van der Waals surface area contributed by atoms with Crippen molar-refractivity contribution in [3.05, 3.63) is 34.4 Å². The van der Waals surface area contributed by atoms with Crippen LogP contribution < -0.4 is 0 Å². The molecule has 1 aliphatic heterocycles. The number of likely N-dealkylation sites (tertiary alicyclic amines) is 1. The number of hydrogen-bond donors (Lipinski definition) is 1. The zero-order chi connectivity index (χ0) is 13.1. The summed E-state index contributed by atoms with van der Waals surface area (Å²) in [5, 5.41) is 19.5. The van der Waals surface area contributed by atoms with E-state index in [0.29, 0.717) is 13.1 Å². The van der Waals surface area contributed by atoms with Crippen molar-refractivity contribution in [2.45, 2.75) is 11.0 Å². The van der Waals surface area contributed by atoms with Crippen molar-refractivity contribution in [1.82, 2.24) is 4.90 Å². The molecule has 1 amide bonds. The van der Waals surface area contributed by atoms with Crippen molar-refractivity contribution in [3.8, 4) is 0 Å². The Bertz CT molecular complexity index is 457. The smallest absolute Gasteiger partial charge is 0.269 e. The number of carbonyl (C=O) groups excluding carboxylic acids is 1. The highest BCUT2D eigenvalue weighted by Gasteiger charge is 2.28. The van der Waals surface area contributed by atoms with Crippen molar-refractivity contribution in [3.63, 3.8) is 0 Å². The van der Waals surface area contributed by atoms with Gasteiger partial charge in [0, 0.05) is 30.1 Å². The molecule has 0 radical (unpaired) electrons. The van der Waals surface area contributed by atoms with Crippen LogP contribution in [0.1, 0.15) is 0 Å². The maximum atomic E-state index is 11.6. The number of aliphatic hydroxyl groups is 1. The van der Waals surface area contributed by atoms with E-state index in [-0.39, 0.29) is 17.3 Å². The summed E-state index contributed by atoms with van der Waals surface area (Å²) in [6, 6.07) is 6.09. The highest BCUT2D eigenvalue weighted by Crippen LogP contribution is 2.22. The van der Waals surface area contributed by atoms with Gasteiger partial charge in [0.25, 0.3) is 5.69 Å². The van der Waals surface area contributed by atoms with Crippen molar-refractivity contribution >= 4 is 23.4 Å². The Balaban J connectivity index is 1.83. The first-order chi connectivity index (χ1) is 8.56. The molecular formula is C11H12N2O4S. The molecule has 7 heteroatoms. The summed E-state index contributed by atoms with van der Waals surface area (Å²) < 4.78 is 0. The summed E-state index contributed by atoms with van der Waals surface area (Å²) in [6.45, 7) is 0.805. The molecule has 0 bridgehead atoms. The lowest BCUT2D eigenvalue weighted by atomic mass is 10.2. The van der Waals surface area contributed by atoms with E-state index in [2.05, 4.69) is 0 Å². The predicted octanol–water partition coefficient (Wildman–Crippen LogP) is 0.890. The largest absolute Gasteiger partial charge is 0.389 e. The fourth-order valence-corrected chi connectivity index (χ4v) is 2.36. The van der Waals surface area contributed by atoms with Crippen molar-refractivity contribution in [2.75, 3.05) is 18.8 Å². The third-order valence-electron chi connectivity index (χ3n) is 2.62. The van der Waals surface area contributed by atoms with Crippen LogP contribution in [-0.2, 0) is 4.79 Å². The average molecular weight is 268 g/mol. The van der Waals surface area contributed by atoms with Gasteiger partial charge in [-0.1, -0.05) is 0 Å². The molecule has 1 fully saturated rings. The van der Waals surface area contributed by atoms with Crippen LogP contribution in [0.5, 0.6) is 0 Å². The van der Waals surface area contributed by atoms with Crippen LogP contribution in [0.4, 0.5) is 5.69 Å². The van der Waals surface area contributed by atoms with E-state index in [0.717, 1.165) is 4.90 Å². The number of nitrogens with zero attached hydrogens (tertiary/aromatic N) is 2. The average Bonchev–Trinajstić information content (AvgIpc) is 2.32. The number of hydrogen-bond acceptors (Lipinski definition) is 5. The Kier molecular flexibility index (Phi) is 3.83. The summed E-state index contributed by atoms with van der Waals surface area (Å²) >= 11 is 1.33. The molecule has 1 aliphatic rings. The molecular weight excluding hydrogens is 256 g/mol. The summed E-state index contributed by atoms with van der Waals surface area (Å²) in [5.74, 6) is 0.258. The summed E-state index contributed by atoms with van der Waals surface area (Å²) in [6.07, 6.45) is -0.390. The van der Waals surface area contributed by atoms with E-state index in [9.17, 15) is 14.9 Å². The van der Waals surface area contributed by atoms with Gasteiger partial charge in [-0.05, 0) is 12.1 Å². The Morgan fingerprint density at radius 1 is 1.44 bits per heavy atom. The second-order valence-corrected chi connectivity index (χ2v) is 5.04. The first-order valence-corrected chi connectivity index (χ1v) is 6.38. The second kappa shape index (κ2) is 5.36. The fourth-order valence-electron chi connectivity index (χ4n) is 1.56. The molecule has 1 heterocycles. The van der Waals surface area contributed by atoms with Gasteiger partial charge in [-0.3, -0.25) is 14.9 Å². The highest BCUT2D eigenvalue weighted by atomic mass is 32.2. The van der Waals surface area contributed by atoms with E-state index < -0.39 is 11.0 Å². The normalized spacial score (nSPS) is 15.3. The van der Waals surface area contributed by atoms with Crippen LogP contribution >= 0.6 is 11.8 Å². The van der Waals surface area contributed by atoms with Crippen molar-refractivity contribution in [1.29, 1.82) is 0 Å². The third kappa shape index (κ3) is 2.99.